The smallest absolute Gasteiger partial charge is 0.0771 e. The lowest BCUT2D eigenvalue weighted by Gasteiger charge is -2.32. The molecule has 1 aliphatic carbocycles. The van der Waals surface area contributed by atoms with Gasteiger partial charge in [-0.05, 0) is 33.7 Å². The van der Waals surface area contributed by atoms with Crippen LogP contribution in [0, 0.1) is 0 Å². The van der Waals surface area contributed by atoms with Crippen molar-refractivity contribution in [2.45, 2.75) is 57.6 Å². The largest absolute Gasteiger partial charge is 0.389 e. The Bertz CT molecular complexity index is 188. The Hall–Kier alpha value is -0.120. The number of rotatable bonds is 6. The van der Waals surface area contributed by atoms with E-state index in [4.69, 9.17) is 0 Å². The molecule has 0 unspecified atom stereocenters. The van der Waals surface area contributed by atoms with E-state index in [1.807, 2.05) is 0 Å². The minimum Gasteiger partial charge on any atom is -0.389 e. The number of aliphatic hydroxyl groups is 1. The van der Waals surface area contributed by atoms with Crippen LogP contribution in [-0.2, 0) is 0 Å². The SMILES string of the molecule is CC(C)N(C)CCNCC1(O)CCCCC1. The van der Waals surface area contributed by atoms with Gasteiger partial charge in [-0.25, -0.2) is 0 Å². The first-order valence-corrected chi connectivity index (χ1v) is 6.67. The van der Waals surface area contributed by atoms with Gasteiger partial charge in [0, 0.05) is 25.7 Å². The van der Waals surface area contributed by atoms with Crippen molar-refractivity contribution in [1.29, 1.82) is 0 Å². The molecule has 0 bridgehead atoms. The van der Waals surface area contributed by atoms with E-state index in [1.165, 1.54) is 19.3 Å². The highest BCUT2D eigenvalue weighted by atomic mass is 16.3. The van der Waals surface area contributed by atoms with E-state index < -0.39 is 5.60 Å². The summed E-state index contributed by atoms with van der Waals surface area (Å²) in [6, 6.07) is 0.597. The zero-order valence-corrected chi connectivity index (χ0v) is 11.1. The van der Waals surface area contributed by atoms with E-state index in [2.05, 4.69) is 31.1 Å². The third-order valence-corrected chi connectivity index (χ3v) is 3.76. The van der Waals surface area contributed by atoms with Crippen LogP contribution in [0.15, 0.2) is 0 Å². The first kappa shape index (κ1) is 13.9. The third kappa shape index (κ3) is 4.81. The van der Waals surface area contributed by atoms with Gasteiger partial charge in [-0.3, -0.25) is 0 Å². The molecule has 0 amide bonds. The maximum absolute atomic E-state index is 10.3. The number of nitrogens with zero attached hydrogens (tertiary/aromatic N) is 1. The van der Waals surface area contributed by atoms with Crippen LogP contribution >= 0.6 is 0 Å². The first-order chi connectivity index (χ1) is 7.53. The van der Waals surface area contributed by atoms with Gasteiger partial charge in [-0.15, -0.1) is 0 Å². The quantitative estimate of drug-likeness (QED) is 0.678. The number of hydrogen-bond donors (Lipinski definition) is 2. The molecular formula is C13H28N2O. The average molecular weight is 228 g/mol. The second kappa shape index (κ2) is 6.58. The van der Waals surface area contributed by atoms with Gasteiger partial charge in [-0.1, -0.05) is 19.3 Å². The van der Waals surface area contributed by atoms with Crippen molar-refractivity contribution in [2.24, 2.45) is 0 Å². The van der Waals surface area contributed by atoms with E-state index in [1.54, 1.807) is 0 Å². The lowest BCUT2D eigenvalue weighted by molar-refractivity contribution is 0.00468. The number of hydrogen-bond acceptors (Lipinski definition) is 3. The Morgan fingerprint density at radius 2 is 1.88 bits per heavy atom. The van der Waals surface area contributed by atoms with Crippen LogP contribution in [0.3, 0.4) is 0 Å². The molecule has 3 heteroatoms. The monoisotopic (exact) mass is 228 g/mol. The zero-order valence-electron chi connectivity index (χ0n) is 11.1. The highest BCUT2D eigenvalue weighted by Crippen LogP contribution is 2.27. The van der Waals surface area contributed by atoms with Crippen molar-refractivity contribution in [1.82, 2.24) is 10.2 Å². The number of likely N-dealkylation sites (N-methyl/N-ethyl adjacent to an activating group) is 1. The minimum absolute atomic E-state index is 0.422. The van der Waals surface area contributed by atoms with Gasteiger partial charge in [0.15, 0.2) is 0 Å². The normalized spacial score (nSPS) is 20.6. The van der Waals surface area contributed by atoms with Gasteiger partial charge >= 0.3 is 0 Å². The van der Waals surface area contributed by atoms with Crippen molar-refractivity contribution >= 4 is 0 Å². The molecule has 0 aromatic heterocycles. The Morgan fingerprint density at radius 1 is 1.25 bits per heavy atom. The molecule has 16 heavy (non-hydrogen) atoms. The molecule has 0 spiro atoms. The topological polar surface area (TPSA) is 35.5 Å². The summed E-state index contributed by atoms with van der Waals surface area (Å²) in [6.07, 6.45) is 5.60. The molecule has 0 atom stereocenters. The fourth-order valence-electron chi connectivity index (χ4n) is 2.22. The zero-order chi connectivity index (χ0) is 12.0. The molecule has 96 valence electrons. The van der Waals surface area contributed by atoms with Crippen molar-refractivity contribution in [3.05, 3.63) is 0 Å². The van der Waals surface area contributed by atoms with Gasteiger partial charge in [0.1, 0.15) is 0 Å². The van der Waals surface area contributed by atoms with Crippen LogP contribution in [0.25, 0.3) is 0 Å². The van der Waals surface area contributed by atoms with Gasteiger partial charge < -0.3 is 15.3 Å². The minimum atomic E-state index is -0.422. The lowest BCUT2D eigenvalue weighted by atomic mass is 9.85. The summed E-state index contributed by atoms with van der Waals surface area (Å²) in [5.74, 6) is 0. The van der Waals surface area contributed by atoms with E-state index in [9.17, 15) is 5.11 Å². The Labute approximate surface area is 100 Å². The lowest BCUT2D eigenvalue weighted by Crippen LogP contribution is -2.44. The molecule has 0 aliphatic heterocycles. The molecule has 0 radical (unpaired) electrons. The van der Waals surface area contributed by atoms with E-state index >= 15 is 0 Å². The highest BCUT2D eigenvalue weighted by Gasteiger charge is 2.28. The summed E-state index contributed by atoms with van der Waals surface area (Å²) in [5, 5.41) is 13.7. The average Bonchev–Trinajstić information content (AvgIpc) is 2.25. The maximum Gasteiger partial charge on any atom is 0.0771 e. The predicted octanol–water partition coefficient (Wildman–Crippen LogP) is 1.61. The molecule has 1 aliphatic rings. The van der Waals surface area contributed by atoms with Crippen molar-refractivity contribution in [2.75, 3.05) is 26.7 Å². The third-order valence-electron chi connectivity index (χ3n) is 3.76. The van der Waals surface area contributed by atoms with Crippen LogP contribution in [0.5, 0.6) is 0 Å². The second-order valence-electron chi connectivity index (χ2n) is 5.54. The summed E-state index contributed by atoms with van der Waals surface area (Å²) in [5.41, 5.74) is -0.422. The van der Waals surface area contributed by atoms with Crippen LogP contribution in [0.2, 0.25) is 0 Å². The van der Waals surface area contributed by atoms with Gasteiger partial charge in [-0.2, -0.15) is 0 Å². The Kier molecular flexibility index (Phi) is 5.73. The maximum atomic E-state index is 10.3. The fourth-order valence-corrected chi connectivity index (χ4v) is 2.22. The van der Waals surface area contributed by atoms with Gasteiger partial charge in [0.25, 0.3) is 0 Å². The fraction of sp³-hybridized carbons (Fsp3) is 1.00. The molecular weight excluding hydrogens is 200 g/mol. The van der Waals surface area contributed by atoms with E-state index in [-0.39, 0.29) is 0 Å². The van der Waals surface area contributed by atoms with Gasteiger partial charge in [0.2, 0.25) is 0 Å². The standard InChI is InChI=1S/C13H28N2O/c1-12(2)15(3)10-9-14-11-13(16)7-5-4-6-8-13/h12,14,16H,4-11H2,1-3H3. The second-order valence-corrected chi connectivity index (χ2v) is 5.54. The molecule has 0 aromatic rings. The van der Waals surface area contributed by atoms with Crippen LogP contribution < -0.4 is 5.32 Å². The van der Waals surface area contributed by atoms with Crippen LogP contribution in [0.4, 0.5) is 0 Å². The summed E-state index contributed by atoms with van der Waals surface area (Å²) < 4.78 is 0. The van der Waals surface area contributed by atoms with Crippen molar-refractivity contribution in [3.63, 3.8) is 0 Å². The molecule has 0 aromatic carbocycles. The van der Waals surface area contributed by atoms with Crippen molar-refractivity contribution < 1.29 is 5.11 Å². The summed E-state index contributed by atoms with van der Waals surface area (Å²) in [6.45, 7) is 7.19. The molecule has 1 fully saturated rings. The summed E-state index contributed by atoms with van der Waals surface area (Å²) in [4.78, 5) is 2.32. The predicted molar refractivity (Wildman–Crippen MR) is 68.7 cm³/mol. The van der Waals surface area contributed by atoms with Crippen molar-refractivity contribution in [3.8, 4) is 0 Å². The van der Waals surface area contributed by atoms with Gasteiger partial charge in [0.05, 0.1) is 5.60 Å². The van der Waals surface area contributed by atoms with Crippen LogP contribution in [0.1, 0.15) is 46.0 Å². The molecule has 0 heterocycles. The number of nitrogens with one attached hydrogen (secondary N) is 1. The Morgan fingerprint density at radius 3 is 2.44 bits per heavy atom. The Balaban J connectivity index is 2.10. The molecule has 2 N–H and O–H groups in total. The van der Waals surface area contributed by atoms with Crippen LogP contribution in [-0.4, -0.2) is 48.3 Å². The summed E-state index contributed by atoms with van der Waals surface area (Å²) >= 11 is 0. The first-order valence-electron chi connectivity index (χ1n) is 6.67. The highest BCUT2D eigenvalue weighted by molar-refractivity contribution is 4.84. The summed E-state index contributed by atoms with van der Waals surface area (Å²) in [7, 11) is 2.14. The molecule has 3 nitrogen and oxygen atoms in total. The van der Waals surface area contributed by atoms with E-state index in [0.717, 1.165) is 32.5 Å². The molecule has 0 saturated heterocycles. The van der Waals surface area contributed by atoms with E-state index in [0.29, 0.717) is 6.04 Å². The molecule has 1 rings (SSSR count). The molecule has 1 saturated carbocycles.